The Morgan fingerprint density at radius 3 is 2.95 bits per heavy atom. The van der Waals surface area contributed by atoms with Gasteiger partial charge in [-0.25, -0.2) is 4.98 Å². The highest BCUT2D eigenvalue weighted by Gasteiger charge is 2.32. The van der Waals surface area contributed by atoms with Gasteiger partial charge in [-0.05, 0) is 31.9 Å². The van der Waals surface area contributed by atoms with Gasteiger partial charge < -0.3 is 4.74 Å². The van der Waals surface area contributed by atoms with Gasteiger partial charge in [-0.3, -0.25) is 9.80 Å². The molecule has 3 heterocycles. The van der Waals surface area contributed by atoms with Gasteiger partial charge in [0, 0.05) is 44.0 Å². The molecule has 2 fully saturated rings. The van der Waals surface area contributed by atoms with Crippen molar-refractivity contribution in [3.8, 4) is 5.88 Å². The highest BCUT2D eigenvalue weighted by Crippen LogP contribution is 2.25. The molecule has 2 unspecified atom stereocenters. The van der Waals surface area contributed by atoms with Crippen LogP contribution in [0, 0.1) is 0 Å². The second kappa shape index (κ2) is 6.10. The molecule has 0 aromatic carbocycles. The summed E-state index contributed by atoms with van der Waals surface area (Å²) in [6.45, 7) is 7.07. The van der Waals surface area contributed by atoms with Crippen molar-refractivity contribution in [2.75, 3.05) is 26.7 Å². The second-order valence-electron chi connectivity index (χ2n) is 6.13. The van der Waals surface area contributed by atoms with E-state index in [1.165, 1.54) is 44.5 Å². The number of hydrogen-bond acceptors (Lipinski definition) is 4. The normalized spacial score (nSPS) is 28.1. The van der Waals surface area contributed by atoms with E-state index in [-0.39, 0.29) is 0 Å². The van der Waals surface area contributed by atoms with Crippen molar-refractivity contribution in [2.45, 2.75) is 44.8 Å². The van der Waals surface area contributed by atoms with E-state index >= 15 is 0 Å². The highest BCUT2D eigenvalue weighted by atomic mass is 16.5. The van der Waals surface area contributed by atoms with Crippen molar-refractivity contribution < 1.29 is 4.74 Å². The lowest BCUT2D eigenvalue weighted by Gasteiger charge is -2.47. The lowest BCUT2D eigenvalue weighted by molar-refractivity contribution is 0.0110. The van der Waals surface area contributed by atoms with Crippen LogP contribution in [0.4, 0.5) is 0 Å². The maximum Gasteiger partial charge on any atom is 0.212 e. The van der Waals surface area contributed by atoms with E-state index in [2.05, 4.69) is 27.8 Å². The molecule has 4 heteroatoms. The van der Waals surface area contributed by atoms with Gasteiger partial charge in [0.1, 0.15) is 0 Å². The molecule has 3 rings (SSSR count). The molecule has 4 nitrogen and oxygen atoms in total. The summed E-state index contributed by atoms with van der Waals surface area (Å²) < 4.78 is 5.12. The van der Waals surface area contributed by atoms with Crippen LogP contribution < -0.4 is 4.74 Å². The molecule has 2 atom stereocenters. The smallest absolute Gasteiger partial charge is 0.212 e. The summed E-state index contributed by atoms with van der Waals surface area (Å²) in [6, 6.07) is 5.49. The molecule has 20 heavy (non-hydrogen) atoms. The summed E-state index contributed by atoms with van der Waals surface area (Å²) in [5, 5.41) is 0. The monoisotopic (exact) mass is 275 g/mol. The van der Waals surface area contributed by atoms with Gasteiger partial charge in [0.2, 0.25) is 5.88 Å². The molecular weight excluding hydrogens is 250 g/mol. The van der Waals surface area contributed by atoms with Gasteiger partial charge in [-0.1, -0.05) is 12.5 Å². The minimum absolute atomic E-state index is 0.631. The number of piperidine rings is 1. The Morgan fingerprint density at radius 2 is 2.20 bits per heavy atom. The van der Waals surface area contributed by atoms with Crippen molar-refractivity contribution in [2.24, 2.45) is 0 Å². The summed E-state index contributed by atoms with van der Waals surface area (Å²) in [5.74, 6) is 0.693. The number of ether oxygens (including phenoxy) is 1. The van der Waals surface area contributed by atoms with Crippen LogP contribution in [0.3, 0.4) is 0 Å². The molecule has 0 radical (unpaired) electrons. The number of nitrogens with zero attached hydrogens (tertiary/aromatic N) is 3. The number of rotatable bonds is 3. The Labute approximate surface area is 121 Å². The number of pyridine rings is 1. The van der Waals surface area contributed by atoms with Crippen LogP contribution in [0.25, 0.3) is 0 Å². The summed E-state index contributed by atoms with van der Waals surface area (Å²) in [4.78, 5) is 9.61. The largest absolute Gasteiger partial charge is 0.481 e. The predicted octanol–water partition coefficient (Wildman–Crippen LogP) is 2.15. The molecule has 110 valence electrons. The van der Waals surface area contributed by atoms with Gasteiger partial charge in [0.15, 0.2) is 0 Å². The zero-order valence-corrected chi connectivity index (χ0v) is 12.6. The predicted molar refractivity (Wildman–Crippen MR) is 79.9 cm³/mol. The minimum atomic E-state index is 0.631. The number of piperazine rings is 1. The van der Waals surface area contributed by atoms with Crippen LogP contribution in [0.2, 0.25) is 0 Å². The maximum absolute atomic E-state index is 5.12. The lowest BCUT2D eigenvalue weighted by atomic mass is 9.97. The Hall–Kier alpha value is -1.13. The van der Waals surface area contributed by atoms with Gasteiger partial charge in [0.05, 0.1) is 7.11 Å². The quantitative estimate of drug-likeness (QED) is 0.845. The third-order valence-electron chi connectivity index (χ3n) is 4.71. The third kappa shape index (κ3) is 2.96. The second-order valence-corrected chi connectivity index (χ2v) is 6.13. The summed E-state index contributed by atoms with van der Waals surface area (Å²) in [7, 11) is 1.66. The first-order valence-electron chi connectivity index (χ1n) is 7.73. The average molecular weight is 275 g/mol. The molecule has 2 aliphatic rings. The number of aromatic nitrogens is 1. The highest BCUT2D eigenvalue weighted by molar-refractivity contribution is 5.17. The fourth-order valence-electron chi connectivity index (χ4n) is 3.49. The molecule has 1 aromatic heterocycles. The Balaban J connectivity index is 1.63. The summed E-state index contributed by atoms with van der Waals surface area (Å²) in [5.41, 5.74) is 1.28. The van der Waals surface area contributed by atoms with Crippen LogP contribution >= 0.6 is 0 Å². The molecular formula is C16H25N3O. The standard InChI is InChI=1S/C16H25N3O/c1-13-10-18-8-4-3-5-15(18)12-19(13)11-14-6-7-16(20-2)17-9-14/h6-7,9,13,15H,3-5,8,10-12H2,1-2H3. The van der Waals surface area contributed by atoms with E-state index in [1.54, 1.807) is 7.11 Å². The van der Waals surface area contributed by atoms with Crippen molar-refractivity contribution >= 4 is 0 Å². The Bertz CT molecular complexity index is 434. The molecule has 2 aliphatic heterocycles. The molecule has 0 bridgehead atoms. The molecule has 0 amide bonds. The molecule has 0 spiro atoms. The minimum Gasteiger partial charge on any atom is -0.481 e. The number of methoxy groups -OCH3 is 1. The Kier molecular flexibility index (Phi) is 4.22. The summed E-state index contributed by atoms with van der Waals surface area (Å²) in [6.07, 6.45) is 6.09. The van der Waals surface area contributed by atoms with E-state index in [9.17, 15) is 0 Å². The molecule has 0 aliphatic carbocycles. The van der Waals surface area contributed by atoms with Gasteiger partial charge >= 0.3 is 0 Å². The average Bonchev–Trinajstić information content (AvgIpc) is 2.49. The first kappa shape index (κ1) is 13.8. The van der Waals surface area contributed by atoms with Gasteiger partial charge in [0.25, 0.3) is 0 Å². The number of hydrogen-bond donors (Lipinski definition) is 0. The van der Waals surface area contributed by atoms with Gasteiger partial charge in [-0.2, -0.15) is 0 Å². The van der Waals surface area contributed by atoms with Crippen molar-refractivity contribution in [1.29, 1.82) is 0 Å². The number of fused-ring (bicyclic) bond motifs is 1. The molecule has 2 saturated heterocycles. The fraction of sp³-hybridized carbons (Fsp3) is 0.688. The van der Waals surface area contributed by atoms with Crippen LogP contribution in [-0.2, 0) is 6.54 Å². The lowest BCUT2D eigenvalue weighted by Crippen LogP contribution is -2.58. The van der Waals surface area contributed by atoms with Crippen LogP contribution in [-0.4, -0.2) is 53.6 Å². The molecule has 0 N–H and O–H groups in total. The fourth-order valence-corrected chi connectivity index (χ4v) is 3.49. The van der Waals surface area contributed by atoms with Crippen molar-refractivity contribution in [1.82, 2.24) is 14.8 Å². The first-order chi connectivity index (χ1) is 9.76. The van der Waals surface area contributed by atoms with E-state index in [1.807, 2.05) is 12.3 Å². The third-order valence-corrected chi connectivity index (χ3v) is 4.71. The van der Waals surface area contributed by atoms with E-state index < -0.39 is 0 Å². The van der Waals surface area contributed by atoms with E-state index in [0.717, 1.165) is 12.6 Å². The van der Waals surface area contributed by atoms with Crippen LogP contribution in [0.5, 0.6) is 5.88 Å². The van der Waals surface area contributed by atoms with E-state index in [4.69, 9.17) is 4.74 Å². The van der Waals surface area contributed by atoms with E-state index in [0.29, 0.717) is 11.9 Å². The van der Waals surface area contributed by atoms with Crippen molar-refractivity contribution in [3.63, 3.8) is 0 Å². The first-order valence-corrected chi connectivity index (χ1v) is 7.73. The summed E-state index contributed by atoms with van der Waals surface area (Å²) >= 11 is 0. The Morgan fingerprint density at radius 1 is 1.30 bits per heavy atom. The topological polar surface area (TPSA) is 28.6 Å². The molecule has 0 saturated carbocycles. The van der Waals surface area contributed by atoms with Crippen molar-refractivity contribution in [3.05, 3.63) is 23.9 Å². The van der Waals surface area contributed by atoms with Gasteiger partial charge in [-0.15, -0.1) is 0 Å². The zero-order chi connectivity index (χ0) is 13.9. The van der Waals surface area contributed by atoms with Crippen LogP contribution in [0.1, 0.15) is 31.7 Å². The van der Waals surface area contributed by atoms with Crippen LogP contribution in [0.15, 0.2) is 18.3 Å². The maximum atomic E-state index is 5.12. The molecule has 1 aromatic rings. The SMILES string of the molecule is COc1ccc(CN2CC3CCCCN3CC2C)cn1. The zero-order valence-electron chi connectivity index (χ0n) is 12.6.